The summed E-state index contributed by atoms with van der Waals surface area (Å²) >= 11 is 5.80. The van der Waals surface area contributed by atoms with Crippen molar-refractivity contribution >= 4 is 23.2 Å². The zero-order chi connectivity index (χ0) is 12.3. The summed E-state index contributed by atoms with van der Waals surface area (Å²) in [7, 11) is 0. The summed E-state index contributed by atoms with van der Waals surface area (Å²) in [5.41, 5.74) is 11.0. The predicted octanol–water partition coefficient (Wildman–Crippen LogP) is 1.87. The zero-order valence-electron chi connectivity index (χ0n) is 9.46. The molecule has 0 spiro atoms. The van der Waals surface area contributed by atoms with Gasteiger partial charge in [-0.2, -0.15) is 0 Å². The summed E-state index contributed by atoms with van der Waals surface area (Å²) in [5.74, 6) is 0.0903. The lowest BCUT2D eigenvalue weighted by atomic mass is 9.80. The second-order valence-corrected chi connectivity index (χ2v) is 4.47. The number of halogens is 1. The van der Waals surface area contributed by atoms with Crippen molar-refractivity contribution in [2.75, 3.05) is 12.3 Å². The Hall–Kier alpha value is -1.13. The molecular formula is C11H16ClN3O. The summed E-state index contributed by atoms with van der Waals surface area (Å²) in [4.78, 5) is 16.1. The van der Waals surface area contributed by atoms with E-state index in [0.717, 1.165) is 0 Å². The second-order valence-electron chi connectivity index (χ2n) is 4.03. The minimum atomic E-state index is -0.611. The van der Waals surface area contributed by atoms with Gasteiger partial charge in [-0.25, -0.2) is 4.98 Å². The molecule has 0 aromatic carbocycles. The fourth-order valence-electron chi connectivity index (χ4n) is 1.35. The van der Waals surface area contributed by atoms with Crippen LogP contribution in [0.4, 0.5) is 5.82 Å². The Morgan fingerprint density at radius 3 is 2.75 bits per heavy atom. The van der Waals surface area contributed by atoms with Gasteiger partial charge < -0.3 is 11.5 Å². The van der Waals surface area contributed by atoms with Crippen LogP contribution in [0.2, 0.25) is 5.02 Å². The highest BCUT2D eigenvalue weighted by Gasteiger charge is 2.32. The van der Waals surface area contributed by atoms with Crippen molar-refractivity contribution in [3.63, 3.8) is 0 Å². The molecule has 0 aliphatic rings. The molecule has 4 nitrogen and oxygen atoms in total. The van der Waals surface area contributed by atoms with Gasteiger partial charge in [0, 0.05) is 18.2 Å². The largest absolute Gasteiger partial charge is 0.383 e. The van der Waals surface area contributed by atoms with Crippen LogP contribution in [0.5, 0.6) is 0 Å². The van der Waals surface area contributed by atoms with Gasteiger partial charge in [-0.05, 0) is 12.5 Å². The molecule has 0 aliphatic carbocycles. The third-order valence-corrected chi connectivity index (χ3v) is 3.12. The van der Waals surface area contributed by atoms with Crippen LogP contribution in [0.25, 0.3) is 0 Å². The first-order valence-corrected chi connectivity index (χ1v) is 5.48. The van der Waals surface area contributed by atoms with Crippen LogP contribution in [0, 0.1) is 5.41 Å². The molecule has 0 bridgehead atoms. The Morgan fingerprint density at radius 2 is 2.25 bits per heavy atom. The molecule has 1 aromatic heterocycles. The first kappa shape index (κ1) is 12.9. The van der Waals surface area contributed by atoms with Crippen molar-refractivity contribution in [2.24, 2.45) is 11.1 Å². The third kappa shape index (κ3) is 2.33. The van der Waals surface area contributed by atoms with E-state index in [1.54, 1.807) is 0 Å². The number of nitrogens with two attached hydrogens (primary N) is 2. The van der Waals surface area contributed by atoms with E-state index < -0.39 is 5.41 Å². The maximum atomic E-state index is 12.2. The lowest BCUT2D eigenvalue weighted by molar-refractivity contribution is 0.0821. The number of nitrogens with zero attached hydrogens (tertiary/aromatic N) is 1. The van der Waals surface area contributed by atoms with Crippen molar-refractivity contribution in [1.29, 1.82) is 0 Å². The molecular weight excluding hydrogens is 226 g/mol. The number of rotatable bonds is 4. The number of hydrogen-bond donors (Lipinski definition) is 2. The second kappa shape index (κ2) is 4.80. The molecule has 1 aromatic rings. The van der Waals surface area contributed by atoms with Gasteiger partial charge in [0.1, 0.15) is 5.82 Å². The van der Waals surface area contributed by atoms with E-state index in [-0.39, 0.29) is 18.1 Å². The van der Waals surface area contributed by atoms with Crippen molar-refractivity contribution < 1.29 is 4.79 Å². The Labute approximate surface area is 100.0 Å². The fraction of sp³-hybridized carbons (Fsp3) is 0.455. The maximum Gasteiger partial charge on any atom is 0.173 e. The highest BCUT2D eigenvalue weighted by molar-refractivity contribution is 6.31. The smallest absolute Gasteiger partial charge is 0.173 e. The summed E-state index contributed by atoms with van der Waals surface area (Å²) in [6, 6.07) is 1.54. The standard InChI is InChI=1S/C11H16ClN3O/c1-3-11(2,6-13)9(16)8-4-7(12)5-15-10(8)14/h4-5H,3,6,13H2,1-2H3,(H2,14,15). The van der Waals surface area contributed by atoms with Crippen LogP contribution in [0.15, 0.2) is 12.3 Å². The molecule has 88 valence electrons. The number of carbonyl (C=O) groups excluding carboxylic acids is 1. The molecule has 1 rings (SSSR count). The number of anilines is 1. The van der Waals surface area contributed by atoms with Crippen LogP contribution in [0.1, 0.15) is 30.6 Å². The van der Waals surface area contributed by atoms with Crippen molar-refractivity contribution in [1.82, 2.24) is 4.98 Å². The summed E-state index contributed by atoms with van der Waals surface area (Å²) in [6.45, 7) is 4.00. The monoisotopic (exact) mass is 241 g/mol. The first-order valence-electron chi connectivity index (χ1n) is 5.10. The van der Waals surface area contributed by atoms with Crippen LogP contribution >= 0.6 is 11.6 Å². The van der Waals surface area contributed by atoms with Gasteiger partial charge >= 0.3 is 0 Å². The Morgan fingerprint density at radius 1 is 1.62 bits per heavy atom. The minimum Gasteiger partial charge on any atom is -0.383 e. The molecule has 1 unspecified atom stereocenters. The van der Waals surface area contributed by atoms with Gasteiger partial charge in [0.15, 0.2) is 5.78 Å². The first-order chi connectivity index (χ1) is 7.44. The maximum absolute atomic E-state index is 12.2. The molecule has 1 atom stereocenters. The summed E-state index contributed by atoms with van der Waals surface area (Å²) in [5, 5.41) is 0.396. The third-order valence-electron chi connectivity index (χ3n) is 2.91. The molecule has 4 N–H and O–H groups in total. The van der Waals surface area contributed by atoms with Crippen LogP contribution in [0.3, 0.4) is 0 Å². The predicted molar refractivity (Wildman–Crippen MR) is 65.4 cm³/mol. The molecule has 1 heterocycles. The van der Waals surface area contributed by atoms with E-state index in [2.05, 4.69) is 4.98 Å². The minimum absolute atomic E-state index is 0.106. The van der Waals surface area contributed by atoms with E-state index in [9.17, 15) is 4.79 Å². The van der Waals surface area contributed by atoms with Gasteiger partial charge in [0.25, 0.3) is 0 Å². The van der Waals surface area contributed by atoms with Crippen LogP contribution in [-0.2, 0) is 0 Å². The topological polar surface area (TPSA) is 82.0 Å². The fourth-order valence-corrected chi connectivity index (χ4v) is 1.51. The molecule has 0 saturated heterocycles. The zero-order valence-corrected chi connectivity index (χ0v) is 10.2. The number of hydrogen-bond acceptors (Lipinski definition) is 4. The van der Waals surface area contributed by atoms with Crippen molar-refractivity contribution in [3.8, 4) is 0 Å². The molecule has 0 fully saturated rings. The van der Waals surface area contributed by atoms with Gasteiger partial charge in [-0.3, -0.25) is 4.79 Å². The van der Waals surface area contributed by atoms with Gasteiger partial charge in [-0.15, -0.1) is 0 Å². The van der Waals surface area contributed by atoms with Crippen LogP contribution < -0.4 is 11.5 Å². The lowest BCUT2D eigenvalue weighted by Gasteiger charge is -2.25. The van der Waals surface area contributed by atoms with E-state index in [1.807, 2.05) is 13.8 Å². The number of carbonyl (C=O) groups is 1. The summed E-state index contributed by atoms with van der Waals surface area (Å²) in [6.07, 6.45) is 2.06. The van der Waals surface area contributed by atoms with E-state index >= 15 is 0 Å². The highest BCUT2D eigenvalue weighted by Crippen LogP contribution is 2.28. The molecule has 0 saturated carbocycles. The van der Waals surface area contributed by atoms with E-state index in [4.69, 9.17) is 23.1 Å². The number of Topliss-reactive ketones (excluding diaryl/α,β-unsaturated/α-hetero) is 1. The highest BCUT2D eigenvalue weighted by atomic mass is 35.5. The Kier molecular flexibility index (Phi) is 3.88. The Bertz CT molecular complexity index is 402. The van der Waals surface area contributed by atoms with E-state index in [0.29, 0.717) is 17.0 Å². The summed E-state index contributed by atoms with van der Waals surface area (Å²) < 4.78 is 0. The number of nitrogen functional groups attached to an aromatic ring is 1. The SMILES string of the molecule is CCC(C)(CN)C(=O)c1cc(Cl)cnc1N. The van der Waals surface area contributed by atoms with Crippen molar-refractivity contribution in [3.05, 3.63) is 22.8 Å². The normalized spacial score (nSPS) is 14.5. The molecule has 5 heteroatoms. The van der Waals surface area contributed by atoms with Gasteiger partial charge in [-0.1, -0.05) is 25.4 Å². The Balaban J connectivity index is 3.18. The van der Waals surface area contributed by atoms with Gasteiger partial charge in [0.2, 0.25) is 0 Å². The van der Waals surface area contributed by atoms with Crippen molar-refractivity contribution in [2.45, 2.75) is 20.3 Å². The van der Waals surface area contributed by atoms with E-state index in [1.165, 1.54) is 12.3 Å². The molecule has 16 heavy (non-hydrogen) atoms. The number of aromatic nitrogens is 1. The quantitative estimate of drug-likeness (QED) is 0.789. The number of ketones is 1. The number of pyridine rings is 1. The van der Waals surface area contributed by atoms with Gasteiger partial charge in [0.05, 0.1) is 10.6 Å². The average Bonchev–Trinajstić information content (AvgIpc) is 2.30. The molecule has 0 aliphatic heterocycles. The molecule has 0 radical (unpaired) electrons. The molecule has 0 amide bonds. The average molecular weight is 242 g/mol. The van der Waals surface area contributed by atoms with Crippen LogP contribution in [-0.4, -0.2) is 17.3 Å². The lowest BCUT2D eigenvalue weighted by Crippen LogP contribution is -2.35.